The van der Waals surface area contributed by atoms with Crippen LogP contribution in [-0.2, 0) is 17.8 Å². The minimum atomic E-state index is -2.65. The van der Waals surface area contributed by atoms with Crippen molar-refractivity contribution < 1.29 is 28.6 Å². The van der Waals surface area contributed by atoms with Crippen LogP contribution in [0.1, 0.15) is 55.5 Å². The predicted molar refractivity (Wildman–Crippen MR) is 129 cm³/mol. The lowest BCUT2D eigenvalue weighted by molar-refractivity contribution is -0.138. The number of halogens is 2. The van der Waals surface area contributed by atoms with Crippen molar-refractivity contribution in [2.45, 2.75) is 65.5 Å². The molecule has 0 spiro atoms. The number of rotatable bonds is 14. The number of methoxy groups -OCH3 is 1. The molecule has 1 aromatic carbocycles. The Morgan fingerprint density at radius 1 is 1.26 bits per heavy atom. The summed E-state index contributed by atoms with van der Waals surface area (Å²) < 4.78 is 31.3. The summed E-state index contributed by atoms with van der Waals surface area (Å²) in [7, 11) is 1.50. The van der Waals surface area contributed by atoms with Gasteiger partial charge in [-0.1, -0.05) is 32.4 Å². The summed E-state index contributed by atoms with van der Waals surface area (Å²) in [5, 5.41) is 21.2. The smallest absolute Gasteiger partial charge is 0.317 e. The van der Waals surface area contributed by atoms with E-state index in [2.05, 4.69) is 9.97 Å². The maximum atomic E-state index is 12.9. The molecule has 0 saturated carbocycles. The number of anilines is 2. The first kappa shape index (κ1) is 28.2. The van der Waals surface area contributed by atoms with Crippen molar-refractivity contribution in [1.29, 1.82) is 0 Å². The standard InChI is InChI=1S/C24H35F2N5O4/c1-5-7-18(6-2)31(34)23-19(15(3)28-24(27)29-23)11-17-9-8-16(10-20(17)35-4)12-30(13-21(25)26)14-22(32)33/h8-10,18,21,34H,5-7,11-14H2,1-4H3,(H,32,33)(H2,27,28,29). The van der Waals surface area contributed by atoms with E-state index >= 15 is 0 Å². The lowest BCUT2D eigenvalue weighted by atomic mass is 10.00. The Hall–Kier alpha value is -3.05. The van der Waals surface area contributed by atoms with Crippen LogP contribution in [0.25, 0.3) is 0 Å². The van der Waals surface area contributed by atoms with E-state index in [1.165, 1.54) is 17.1 Å². The van der Waals surface area contributed by atoms with Gasteiger partial charge < -0.3 is 15.6 Å². The molecule has 0 amide bonds. The summed E-state index contributed by atoms with van der Waals surface area (Å²) in [5.74, 6) is -0.276. The Balaban J connectivity index is 2.38. The fourth-order valence-electron chi connectivity index (χ4n) is 4.06. The van der Waals surface area contributed by atoms with Gasteiger partial charge in [-0.05, 0) is 37.0 Å². The number of carboxylic acids is 1. The first-order chi connectivity index (χ1) is 16.6. The zero-order valence-electron chi connectivity index (χ0n) is 20.7. The zero-order valence-corrected chi connectivity index (χ0v) is 20.7. The number of nitrogens with two attached hydrogens (primary N) is 1. The Bertz CT molecular complexity index is 993. The van der Waals surface area contributed by atoms with Gasteiger partial charge >= 0.3 is 5.97 Å². The van der Waals surface area contributed by atoms with Gasteiger partial charge in [-0.15, -0.1) is 0 Å². The Labute approximate surface area is 204 Å². The molecule has 0 aliphatic rings. The van der Waals surface area contributed by atoms with Gasteiger partial charge in [0.05, 0.1) is 26.2 Å². The molecule has 1 heterocycles. The largest absolute Gasteiger partial charge is 0.496 e. The summed E-state index contributed by atoms with van der Waals surface area (Å²) in [6.45, 7) is 4.71. The molecule has 35 heavy (non-hydrogen) atoms. The van der Waals surface area contributed by atoms with Crippen LogP contribution in [0.5, 0.6) is 5.75 Å². The average Bonchev–Trinajstić information content (AvgIpc) is 2.78. The Morgan fingerprint density at radius 3 is 2.54 bits per heavy atom. The fourth-order valence-corrected chi connectivity index (χ4v) is 4.06. The van der Waals surface area contributed by atoms with E-state index in [4.69, 9.17) is 15.6 Å². The van der Waals surface area contributed by atoms with Crippen LogP contribution >= 0.6 is 0 Å². The number of hydrogen-bond donors (Lipinski definition) is 3. The molecular formula is C24H35F2N5O4. The fraction of sp³-hybridized carbons (Fsp3) is 0.542. The average molecular weight is 496 g/mol. The third-order valence-corrected chi connectivity index (χ3v) is 5.75. The van der Waals surface area contributed by atoms with Crippen molar-refractivity contribution in [3.63, 3.8) is 0 Å². The molecule has 2 aromatic rings. The zero-order chi connectivity index (χ0) is 26.1. The van der Waals surface area contributed by atoms with Gasteiger partial charge in [0.25, 0.3) is 6.43 Å². The first-order valence-electron chi connectivity index (χ1n) is 11.6. The van der Waals surface area contributed by atoms with Crippen molar-refractivity contribution in [2.75, 3.05) is 31.0 Å². The van der Waals surface area contributed by atoms with Crippen LogP contribution in [0.2, 0.25) is 0 Å². The molecule has 11 heteroatoms. The first-order valence-corrected chi connectivity index (χ1v) is 11.6. The normalized spacial score (nSPS) is 12.3. The number of aromatic nitrogens is 2. The molecule has 0 bridgehead atoms. The number of hydrogen-bond acceptors (Lipinski definition) is 8. The number of alkyl halides is 2. The molecule has 1 atom stereocenters. The number of nitrogen functional groups attached to an aromatic ring is 1. The highest BCUT2D eigenvalue weighted by Crippen LogP contribution is 2.30. The van der Waals surface area contributed by atoms with E-state index in [-0.39, 0.29) is 18.5 Å². The molecule has 0 saturated heterocycles. The number of carboxylic acid groups (broad SMARTS) is 1. The van der Waals surface area contributed by atoms with Gasteiger partial charge in [-0.2, -0.15) is 4.98 Å². The topological polar surface area (TPSA) is 125 Å². The highest BCUT2D eigenvalue weighted by molar-refractivity contribution is 5.69. The molecular weight excluding hydrogens is 460 g/mol. The van der Waals surface area contributed by atoms with Gasteiger partial charge in [0.1, 0.15) is 5.75 Å². The molecule has 0 aliphatic carbocycles. The molecule has 4 N–H and O–H groups in total. The van der Waals surface area contributed by atoms with E-state index in [0.717, 1.165) is 24.8 Å². The molecule has 1 unspecified atom stereocenters. The van der Waals surface area contributed by atoms with Crippen molar-refractivity contribution in [2.24, 2.45) is 0 Å². The number of aliphatic carboxylic acids is 1. The molecule has 0 aliphatic heterocycles. The van der Waals surface area contributed by atoms with Gasteiger partial charge in [-0.25, -0.2) is 18.8 Å². The van der Waals surface area contributed by atoms with Crippen LogP contribution in [0, 0.1) is 6.92 Å². The lowest BCUT2D eigenvalue weighted by Gasteiger charge is -2.28. The predicted octanol–water partition coefficient (Wildman–Crippen LogP) is 3.89. The summed E-state index contributed by atoms with van der Waals surface area (Å²) in [4.78, 5) is 20.8. The summed E-state index contributed by atoms with van der Waals surface area (Å²) in [6, 6.07) is 5.10. The molecule has 0 radical (unpaired) electrons. The number of nitrogens with zero attached hydrogens (tertiary/aromatic N) is 4. The number of hydroxylamine groups is 1. The van der Waals surface area contributed by atoms with E-state index in [0.29, 0.717) is 34.8 Å². The minimum Gasteiger partial charge on any atom is -0.496 e. The highest BCUT2D eigenvalue weighted by atomic mass is 19.3. The minimum absolute atomic E-state index is 0.0299. The van der Waals surface area contributed by atoms with E-state index < -0.39 is 25.5 Å². The maximum Gasteiger partial charge on any atom is 0.317 e. The van der Waals surface area contributed by atoms with Crippen molar-refractivity contribution in [3.8, 4) is 5.75 Å². The van der Waals surface area contributed by atoms with Crippen LogP contribution in [0.3, 0.4) is 0 Å². The van der Waals surface area contributed by atoms with Crippen molar-refractivity contribution in [3.05, 3.63) is 40.6 Å². The third kappa shape index (κ3) is 8.00. The lowest BCUT2D eigenvalue weighted by Crippen LogP contribution is -2.33. The molecule has 194 valence electrons. The Kier molecular flexibility index (Phi) is 10.6. The van der Waals surface area contributed by atoms with Crippen LogP contribution < -0.4 is 15.5 Å². The highest BCUT2D eigenvalue weighted by Gasteiger charge is 2.23. The van der Waals surface area contributed by atoms with Crippen molar-refractivity contribution in [1.82, 2.24) is 14.9 Å². The number of ether oxygens (including phenoxy) is 1. The number of benzene rings is 1. The maximum absolute atomic E-state index is 12.9. The van der Waals surface area contributed by atoms with Crippen molar-refractivity contribution >= 4 is 17.7 Å². The van der Waals surface area contributed by atoms with Gasteiger partial charge in [0.15, 0.2) is 5.82 Å². The van der Waals surface area contributed by atoms with Gasteiger partial charge in [0, 0.05) is 24.2 Å². The van der Waals surface area contributed by atoms with Gasteiger partial charge in [-0.3, -0.25) is 14.9 Å². The summed E-state index contributed by atoms with van der Waals surface area (Å²) in [6.07, 6.45) is 0.0724. The molecule has 2 rings (SSSR count). The number of carbonyl (C=O) groups is 1. The van der Waals surface area contributed by atoms with Crippen LogP contribution in [0.4, 0.5) is 20.5 Å². The second-order valence-electron chi connectivity index (χ2n) is 8.44. The van der Waals surface area contributed by atoms with E-state index in [9.17, 15) is 18.8 Å². The monoisotopic (exact) mass is 495 g/mol. The van der Waals surface area contributed by atoms with Crippen LogP contribution in [0.15, 0.2) is 18.2 Å². The second-order valence-corrected chi connectivity index (χ2v) is 8.44. The van der Waals surface area contributed by atoms with Gasteiger partial charge in [0.2, 0.25) is 5.95 Å². The van der Waals surface area contributed by atoms with Crippen LogP contribution in [-0.4, -0.2) is 63.8 Å². The summed E-state index contributed by atoms with van der Waals surface area (Å²) in [5.41, 5.74) is 8.59. The number of aryl methyl sites for hydroxylation is 1. The molecule has 1 aromatic heterocycles. The quantitative estimate of drug-likeness (QED) is 0.335. The third-order valence-electron chi connectivity index (χ3n) is 5.75. The molecule has 9 nitrogen and oxygen atoms in total. The van der Waals surface area contributed by atoms with E-state index in [1.54, 1.807) is 25.1 Å². The van der Waals surface area contributed by atoms with E-state index in [1.807, 2.05) is 13.8 Å². The second kappa shape index (κ2) is 13.1. The Morgan fingerprint density at radius 2 is 1.97 bits per heavy atom. The summed E-state index contributed by atoms with van der Waals surface area (Å²) >= 11 is 0. The SMILES string of the molecule is CCCC(CC)N(O)c1nc(N)nc(C)c1Cc1ccc(CN(CC(=O)O)CC(F)F)cc1OC. The molecule has 0 fully saturated rings.